The summed E-state index contributed by atoms with van der Waals surface area (Å²) in [5.74, 6) is 0.700. The molecule has 2 N–H and O–H groups in total. The molecule has 0 radical (unpaired) electrons. The molecule has 0 aromatic carbocycles. The van der Waals surface area contributed by atoms with Gasteiger partial charge in [0.25, 0.3) is 0 Å². The normalized spacial score (nSPS) is 12.5. The van der Waals surface area contributed by atoms with E-state index in [0.29, 0.717) is 12.5 Å². The maximum Gasteiger partial charge on any atom is 0.225 e. The molecule has 5 heteroatoms. The third kappa shape index (κ3) is 3.81. The third-order valence-electron chi connectivity index (χ3n) is 2.01. The van der Waals surface area contributed by atoms with E-state index in [1.54, 1.807) is 6.20 Å². The molecule has 0 saturated carbocycles. The van der Waals surface area contributed by atoms with Crippen LogP contribution in [-0.2, 0) is 6.54 Å². The van der Waals surface area contributed by atoms with E-state index in [2.05, 4.69) is 15.3 Å². The number of aliphatic hydroxyl groups excluding tert-OH is 1. The maximum atomic E-state index is 8.85. The van der Waals surface area contributed by atoms with Crippen molar-refractivity contribution in [1.29, 1.82) is 0 Å². The van der Waals surface area contributed by atoms with Gasteiger partial charge >= 0.3 is 0 Å². The second kappa shape index (κ2) is 5.63. The van der Waals surface area contributed by atoms with Gasteiger partial charge < -0.3 is 15.3 Å². The fourth-order valence-corrected chi connectivity index (χ4v) is 1.04. The molecule has 0 bridgehead atoms. The number of hydrogen-bond donors (Lipinski definition) is 2. The van der Waals surface area contributed by atoms with E-state index in [0.717, 1.165) is 5.69 Å². The molecule has 1 aromatic heterocycles. The molecule has 0 aliphatic heterocycles. The van der Waals surface area contributed by atoms with E-state index in [4.69, 9.17) is 5.11 Å². The van der Waals surface area contributed by atoms with Crippen LogP contribution in [0.15, 0.2) is 12.3 Å². The van der Waals surface area contributed by atoms with Gasteiger partial charge in [0.1, 0.15) is 0 Å². The van der Waals surface area contributed by atoms with Crippen LogP contribution in [0.3, 0.4) is 0 Å². The Morgan fingerprint density at radius 1 is 1.53 bits per heavy atom. The smallest absolute Gasteiger partial charge is 0.225 e. The summed E-state index contributed by atoms with van der Waals surface area (Å²) in [6.07, 6.45) is 1.74. The highest BCUT2D eigenvalue weighted by Crippen LogP contribution is 2.03. The predicted octanol–water partition coefficient (Wildman–Crippen LogP) is 0.0130. The van der Waals surface area contributed by atoms with Crippen LogP contribution in [0.25, 0.3) is 0 Å². The Labute approximate surface area is 90.2 Å². The third-order valence-corrected chi connectivity index (χ3v) is 2.01. The zero-order valence-electron chi connectivity index (χ0n) is 9.44. The number of aromatic nitrogens is 2. The van der Waals surface area contributed by atoms with Crippen molar-refractivity contribution in [3.63, 3.8) is 0 Å². The van der Waals surface area contributed by atoms with Crippen molar-refractivity contribution in [2.45, 2.75) is 19.5 Å². The standard InChI is InChI=1S/C10H18N4O/c1-8(7-15)12-6-9-4-5-11-10(13-9)14(2)3/h4-5,8,12,15H,6-7H2,1-3H3. The van der Waals surface area contributed by atoms with Crippen molar-refractivity contribution < 1.29 is 5.11 Å². The predicted molar refractivity (Wildman–Crippen MR) is 59.7 cm³/mol. The average molecular weight is 210 g/mol. The first-order chi connectivity index (χ1) is 7.13. The van der Waals surface area contributed by atoms with Gasteiger partial charge in [-0.2, -0.15) is 0 Å². The van der Waals surface area contributed by atoms with Gasteiger partial charge in [-0.1, -0.05) is 0 Å². The molecule has 1 unspecified atom stereocenters. The SMILES string of the molecule is CC(CO)NCc1ccnc(N(C)C)n1. The summed E-state index contributed by atoms with van der Waals surface area (Å²) in [6.45, 7) is 2.70. The second-order valence-electron chi connectivity index (χ2n) is 3.71. The molecular weight excluding hydrogens is 192 g/mol. The lowest BCUT2D eigenvalue weighted by Crippen LogP contribution is -2.29. The highest BCUT2D eigenvalue weighted by molar-refractivity contribution is 5.26. The second-order valence-corrected chi connectivity index (χ2v) is 3.71. The van der Waals surface area contributed by atoms with Crippen molar-refractivity contribution in [2.24, 2.45) is 0 Å². The fraction of sp³-hybridized carbons (Fsp3) is 0.600. The van der Waals surface area contributed by atoms with Crippen LogP contribution >= 0.6 is 0 Å². The van der Waals surface area contributed by atoms with Gasteiger partial charge in [-0.25, -0.2) is 9.97 Å². The molecule has 5 nitrogen and oxygen atoms in total. The molecular formula is C10H18N4O. The lowest BCUT2D eigenvalue weighted by atomic mass is 10.3. The summed E-state index contributed by atoms with van der Waals surface area (Å²) >= 11 is 0. The summed E-state index contributed by atoms with van der Waals surface area (Å²) in [7, 11) is 3.81. The summed E-state index contributed by atoms with van der Waals surface area (Å²) < 4.78 is 0. The van der Waals surface area contributed by atoms with Crippen LogP contribution in [0, 0.1) is 0 Å². The summed E-state index contributed by atoms with van der Waals surface area (Å²) in [4.78, 5) is 10.3. The number of nitrogens with one attached hydrogen (secondary N) is 1. The van der Waals surface area contributed by atoms with Crippen molar-refractivity contribution in [3.8, 4) is 0 Å². The van der Waals surface area contributed by atoms with Gasteiger partial charge in [0.05, 0.1) is 12.3 Å². The molecule has 1 rings (SSSR count). The maximum absolute atomic E-state index is 8.85. The highest BCUT2D eigenvalue weighted by Gasteiger charge is 2.03. The topological polar surface area (TPSA) is 61.3 Å². The first kappa shape index (κ1) is 11.9. The first-order valence-electron chi connectivity index (χ1n) is 4.97. The van der Waals surface area contributed by atoms with E-state index >= 15 is 0 Å². The zero-order chi connectivity index (χ0) is 11.3. The van der Waals surface area contributed by atoms with Crippen LogP contribution in [0.4, 0.5) is 5.95 Å². The lowest BCUT2D eigenvalue weighted by Gasteiger charge is -2.13. The van der Waals surface area contributed by atoms with Gasteiger partial charge in [0, 0.05) is 32.9 Å². The molecule has 0 aliphatic rings. The minimum absolute atomic E-state index is 0.0859. The van der Waals surface area contributed by atoms with Crippen LogP contribution in [0.2, 0.25) is 0 Å². The quantitative estimate of drug-likeness (QED) is 0.717. The van der Waals surface area contributed by atoms with Gasteiger partial charge in [-0.15, -0.1) is 0 Å². The molecule has 1 atom stereocenters. The summed E-state index contributed by atoms with van der Waals surface area (Å²) in [5, 5.41) is 12.0. The van der Waals surface area contributed by atoms with Gasteiger partial charge in [-0.05, 0) is 13.0 Å². The molecule has 84 valence electrons. The Balaban J connectivity index is 2.58. The molecule has 0 amide bonds. The molecule has 0 spiro atoms. The van der Waals surface area contributed by atoms with E-state index in [1.807, 2.05) is 32.0 Å². The number of nitrogens with zero attached hydrogens (tertiary/aromatic N) is 3. The average Bonchev–Trinajstić information content (AvgIpc) is 2.26. The molecule has 0 aliphatic carbocycles. The Bertz CT molecular complexity index is 303. The minimum atomic E-state index is 0.0859. The van der Waals surface area contributed by atoms with Crippen LogP contribution < -0.4 is 10.2 Å². The van der Waals surface area contributed by atoms with Crippen molar-refractivity contribution >= 4 is 5.95 Å². The van der Waals surface area contributed by atoms with Crippen molar-refractivity contribution in [2.75, 3.05) is 25.6 Å². The number of rotatable bonds is 5. The van der Waals surface area contributed by atoms with E-state index in [9.17, 15) is 0 Å². The monoisotopic (exact) mass is 210 g/mol. The minimum Gasteiger partial charge on any atom is -0.395 e. The summed E-state index contributed by atoms with van der Waals surface area (Å²) in [6, 6.07) is 1.95. The zero-order valence-corrected chi connectivity index (χ0v) is 9.44. The van der Waals surface area contributed by atoms with E-state index in [1.165, 1.54) is 0 Å². The van der Waals surface area contributed by atoms with Gasteiger partial charge in [0.15, 0.2) is 0 Å². The highest BCUT2D eigenvalue weighted by atomic mass is 16.3. The van der Waals surface area contributed by atoms with Crippen LogP contribution in [-0.4, -0.2) is 41.8 Å². The fourth-order valence-electron chi connectivity index (χ4n) is 1.04. The summed E-state index contributed by atoms with van der Waals surface area (Å²) in [5.41, 5.74) is 0.925. The van der Waals surface area contributed by atoms with Crippen LogP contribution in [0.5, 0.6) is 0 Å². The van der Waals surface area contributed by atoms with E-state index in [-0.39, 0.29) is 12.6 Å². The Morgan fingerprint density at radius 2 is 2.27 bits per heavy atom. The first-order valence-corrected chi connectivity index (χ1v) is 4.97. The molecule has 1 heterocycles. The Kier molecular flexibility index (Phi) is 4.45. The van der Waals surface area contributed by atoms with Crippen molar-refractivity contribution in [1.82, 2.24) is 15.3 Å². The lowest BCUT2D eigenvalue weighted by molar-refractivity contribution is 0.250. The molecule has 0 saturated heterocycles. The Morgan fingerprint density at radius 3 is 2.87 bits per heavy atom. The number of aliphatic hydroxyl groups is 1. The molecule has 0 fully saturated rings. The number of hydrogen-bond acceptors (Lipinski definition) is 5. The van der Waals surface area contributed by atoms with Crippen LogP contribution in [0.1, 0.15) is 12.6 Å². The molecule has 15 heavy (non-hydrogen) atoms. The molecule has 1 aromatic rings. The Hall–Kier alpha value is -1.20. The van der Waals surface area contributed by atoms with Gasteiger partial charge in [-0.3, -0.25) is 0 Å². The van der Waals surface area contributed by atoms with E-state index < -0.39 is 0 Å². The van der Waals surface area contributed by atoms with Gasteiger partial charge in [0.2, 0.25) is 5.95 Å². The largest absolute Gasteiger partial charge is 0.395 e. The number of anilines is 1. The van der Waals surface area contributed by atoms with Crippen molar-refractivity contribution in [3.05, 3.63) is 18.0 Å².